The van der Waals surface area contributed by atoms with Crippen molar-refractivity contribution in [3.8, 4) is 0 Å². The highest BCUT2D eigenvalue weighted by atomic mass is 31.2. The Bertz CT molecular complexity index is 1530. The molecule has 0 radical (unpaired) electrons. The first-order chi connectivity index (χ1) is 19.2. The van der Waals surface area contributed by atoms with Crippen molar-refractivity contribution >= 4 is 24.5 Å². The van der Waals surface area contributed by atoms with Gasteiger partial charge in [-0.3, -0.25) is 9.32 Å². The van der Waals surface area contributed by atoms with Crippen molar-refractivity contribution in [1.82, 2.24) is 4.98 Å². The second-order valence-corrected chi connectivity index (χ2v) is 14.7. The van der Waals surface area contributed by atoms with Crippen LogP contribution >= 0.6 is 7.82 Å². The van der Waals surface area contributed by atoms with Crippen molar-refractivity contribution in [2.45, 2.75) is 94.4 Å². The molecule has 3 heterocycles. The first-order valence-electron chi connectivity index (χ1n) is 14.4. The minimum atomic E-state index is -4.59. The first kappa shape index (κ1) is 27.9. The molecule has 2 aromatic rings. The zero-order valence-corrected chi connectivity index (χ0v) is 24.7. The third kappa shape index (κ3) is 3.56. The summed E-state index contributed by atoms with van der Waals surface area (Å²) in [6.07, 6.45) is 2.73. The molecule has 2 bridgehead atoms. The average Bonchev–Trinajstić information content (AvgIpc) is 3.48. The van der Waals surface area contributed by atoms with Crippen LogP contribution in [0.2, 0.25) is 0 Å². The summed E-state index contributed by atoms with van der Waals surface area (Å²) in [6, 6.07) is 8.27. The number of hydrogen-bond acceptors (Lipinski definition) is 7. The number of aromatic nitrogens is 1. The Morgan fingerprint density at radius 1 is 1.12 bits per heavy atom. The van der Waals surface area contributed by atoms with Gasteiger partial charge in [0.15, 0.2) is 17.7 Å². The third-order valence-corrected chi connectivity index (χ3v) is 11.6. The van der Waals surface area contributed by atoms with Gasteiger partial charge in [0.25, 0.3) is 0 Å². The van der Waals surface area contributed by atoms with Crippen molar-refractivity contribution in [2.75, 3.05) is 13.2 Å². The molecule has 1 aromatic carbocycles. The van der Waals surface area contributed by atoms with Crippen molar-refractivity contribution in [2.24, 2.45) is 11.3 Å². The number of fused-ring (bicyclic) bond motifs is 9. The molecule has 1 unspecified atom stereocenters. The van der Waals surface area contributed by atoms with E-state index >= 15 is 0 Å². The van der Waals surface area contributed by atoms with Crippen molar-refractivity contribution in [3.63, 3.8) is 0 Å². The summed E-state index contributed by atoms with van der Waals surface area (Å²) in [5, 5.41) is 14.4. The zero-order valence-electron chi connectivity index (χ0n) is 23.8. The van der Waals surface area contributed by atoms with Gasteiger partial charge in [0.1, 0.15) is 11.2 Å². The third-order valence-electron chi connectivity index (χ3n) is 11.1. The smallest absolute Gasteiger partial charge is 0.382 e. The Kier molecular flexibility index (Phi) is 5.86. The van der Waals surface area contributed by atoms with Crippen LogP contribution in [0.25, 0.3) is 10.9 Å². The number of ether oxygens (including phenoxy) is 3. The van der Waals surface area contributed by atoms with Gasteiger partial charge in [-0.2, -0.15) is 0 Å². The lowest BCUT2D eigenvalue weighted by Gasteiger charge is -2.67. The largest absolute Gasteiger partial charge is 0.469 e. The number of carbonyl (C=O) groups excluding carboxylic acids is 1. The minimum Gasteiger partial charge on any atom is -0.382 e. The molecule has 3 fully saturated rings. The highest BCUT2D eigenvalue weighted by molar-refractivity contribution is 7.46. The molecule has 1 aromatic heterocycles. The Labute approximate surface area is 238 Å². The zero-order chi connectivity index (χ0) is 29.2. The fraction of sp³-hybridized carbons (Fsp3) is 0.633. The number of ketones is 1. The molecule has 10 nitrogen and oxygen atoms in total. The Balaban J connectivity index is 1.34. The lowest BCUT2D eigenvalue weighted by molar-refractivity contribution is -0.280. The van der Waals surface area contributed by atoms with E-state index < -0.39 is 47.8 Å². The fourth-order valence-electron chi connectivity index (χ4n) is 9.05. The lowest BCUT2D eigenvalue weighted by atomic mass is 9.41. The van der Waals surface area contributed by atoms with Gasteiger partial charge in [0.05, 0.1) is 12.7 Å². The Morgan fingerprint density at radius 3 is 2.63 bits per heavy atom. The number of aromatic amines is 1. The number of aliphatic hydroxyl groups is 1. The molecule has 222 valence electrons. The summed E-state index contributed by atoms with van der Waals surface area (Å²) in [5.74, 6) is -1.31. The number of benzene rings is 1. The molecule has 7 rings (SSSR count). The maximum absolute atomic E-state index is 13.4. The van der Waals surface area contributed by atoms with Crippen LogP contribution in [0.1, 0.15) is 64.6 Å². The molecule has 3 aliphatic carbocycles. The fourth-order valence-corrected chi connectivity index (χ4v) is 9.42. The highest BCUT2D eigenvalue weighted by Crippen LogP contribution is 2.72. The summed E-state index contributed by atoms with van der Waals surface area (Å²) in [7, 11) is -4.59. The lowest BCUT2D eigenvalue weighted by Crippen LogP contribution is -2.74. The maximum Gasteiger partial charge on any atom is 0.469 e. The van der Waals surface area contributed by atoms with E-state index in [4.69, 9.17) is 24.0 Å². The van der Waals surface area contributed by atoms with Crippen molar-refractivity contribution in [3.05, 3.63) is 47.2 Å². The summed E-state index contributed by atoms with van der Waals surface area (Å²) in [5.41, 5.74) is 0.154. The Hall–Kier alpha value is -1.88. The van der Waals surface area contributed by atoms with E-state index in [-0.39, 0.29) is 31.3 Å². The predicted octanol–water partition coefficient (Wildman–Crippen LogP) is 3.82. The number of hydrogen-bond donors (Lipinski definition) is 4. The van der Waals surface area contributed by atoms with Gasteiger partial charge < -0.3 is 34.1 Å². The van der Waals surface area contributed by atoms with Gasteiger partial charge in [-0.05, 0) is 63.2 Å². The Morgan fingerprint density at radius 2 is 1.88 bits per heavy atom. The highest BCUT2D eigenvalue weighted by Gasteiger charge is 2.78. The predicted molar refractivity (Wildman–Crippen MR) is 148 cm³/mol. The SMILES string of the molecule is CC1(C)O[C@@]23CCC4(C)[C@@]5(C)c6[nH]c7ccccc7c6C[C@@H]5C[C@H](OCCCOP(=O)(O)O)[C@@]4(O)C2=CC(=O)[C@@H]1O3. The summed E-state index contributed by atoms with van der Waals surface area (Å²) in [6.45, 7) is 7.97. The normalized spacial score (nSPS) is 40.6. The van der Waals surface area contributed by atoms with Crippen LogP contribution in [0.15, 0.2) is 35.9 Å². The molecule has 11 heteroatoms. The summed E-state index contributed by atoms with van der Waals surface area (Å²) >= 11 is 0. The number of H-pyrrole nitrogens is 1. The molecular weight excluding hydrogens is 549 g/mol. The first-order valence-corrected chi connectivity index (χ1v) is 16.0. The van der Waals surface area contributed by atoms with E-state index in [0.717, 1.165) is 17.6 Å². The van der Waals surface area contributed by atoms with Gasteiger partial charge in [0, 0.05) is 46.0 Å². The van der Waals surface area contributed by atoms with E-state index in [1.165, 1.54) is 10.9 Å². The topological polar surface area (TPSA) is 148 Å². The van der Waals surface area contributed by atoms with Crippen LogP contribution in [-0.2, 0) is 39.9 Å². The van der Waals surface area contributed by atoms with Gasteiger partial charge >= 0.3 is 7.82 Å². The molecule has 41 heavy (non-hydrogen) atoms. The number of phosphoric acid groups is 1. The quantitative estimate of drug-likeness (QED) is 0.293. The number of phosphoric ester groups is 1. The second kappa shape index (κ2) is 8.61. The van der Waals surface area contributed by atoms with Crippen LogP contribution in [0.4, 0.5) is 0 Å². The monoisotopic (exact) mass is 587 g/mol. The van der Waals surface area contributed by atoms with Gasteiger partial charge in [-0.1, -0.05) is 32.0 Å². The van der Waals surface area contributed by atoms with Crippen molar-refractivity contribution < 1.29 is 43.0 Å². The van der Waals surface area contributed by atoms with E-state index in [9.17, 15) is 14.5 Å². The van der Waals surface area contributed by atoms with E-state index in [2.05, 4.69) is 35.5 Å². The average molecular weight is 588 g/mol. The van der Waals surface area contributed by atoms with E-state index in [1.807, 2.05) is 26.0 Å². The summed E-state index contributed by atoms with van der Waals surface area (Å²) < 4.78 is 35.1. The second-order valence-electron chi connectivity index (χ2n) is 13.4. The molecule has 1 spiro atoms. The van der Waals surface area contributed by atoms with Crippen molar-refractivity contribution in [1.29, 1.82) is 0 Å². The van der Waals surface area contributed by atoms with E-state index in [1.54, 1.807) is 6.08 Å². The van der Waals surface area contributed by atoms with E-state index in [0.29, 0.717) is 24.8 Å². The minimum absolute atomic E-state index is 0.116. The molecule has 0 amide bonds. The number of rotatable bonds is 6. The number of carbonyl (C=O) groups is 1. The molecule has 5 aliphatic rings. The maximum atomic E-state index is 13.4. The van der Waals surface area contributed by atoms with Crippen LogP contribution < -0.4 is 0 Å². The van der Waals surface area contributed by atoms with Gasteiger partial charge in [-0.15, -0.1) is 0 Å². The summed E-state index contributed by atoms with van der Waals surface area (Å²) in [4.78, 5) is 35.3. The molecular formula is C30H38NO9P. The van der Waals surface area contributed by atoms with Gasteiger partial charge in [-0.25, -0.2) is 4.57 Å². The van der Waals surface area contributed by atoms with Crippen LogP contribution in [-0.4, -0.2) is 68.1 Å². The molecule has 4 N–H and O–H groups in total. The number of nitrogens with one attached hydrogen (secondary N) is 1. The number of para-hydroxylation sites is 1. The van der Waals surface area contributed by atoms with Gasteiger partial charge in [0.2, 0.25) is 0 Å². The molecule has 1 saturated heterocycles. The standard InChI is InChI=1S/C30H38NO9P/c1-26(2)25-21(32)16-22-29(39-25,40-26)11-10-27(3)28(4)17(14-19-18-8-5-6-9-20(18)31-24(19)28)15-23(30(22,27)33)37-12-7-13-38-41(34,35)36/h5-6,8-9,16-17,23,25,31,33H,7,10-15H2,1-4H3,(H2,34,35,36)/t17-,23+,25+,27?,28-,29+,30+/m1/s1. The molecule has 2 saturated carbocycles. The molecule has 2 aliphatic heterocycles. The van der Waals surface area contributed by atoms with Crippen LogP contribution in [0.3, 0.4) is 0 Å². The molecule has 7 atom stereocenters. The van der Waals surface area contributed by atoms with Crippen LogP contribution in [0, 0.1) is 11.3 Å². The van der Waals surface area contributed by atoms with Crippen LogP contribution in [0.5, 0.6) is 0 Å².